The molecule has 0 fully saturated rings. The lowest BCUT2D eigenvalue weighted by molar-refractivity contribution is 0.0526. The first-order valence-electron chi connectivity index (χ1n) is 8.86. The number of hydrogen-bond donors (Lipinski definition) is 2. The molecule has 2 N–H and O–H groups in total. The third-order valence-electron chi connectivity index (χ3n) is 3.88. The average Bonchev–Trinajstić information content (AvgIpc) is 2.74. The highest BCUT2D eigenvalue weighted by Crippen LogP contribution is 2.30. The van der Waals surface area contributed by atoms with E-state index in [-0.39, 0.29) is 11.9 Å². The Bertz CT molecular complexity index is 979. The van der Waals surface area contributed by atoms with Crippen LogP contribution in [-0.4, -0.2) is 42.0 Å². The molecule has 29 heavy (non-hydrogen) atoms. The van der Waals surface area contributed by atoms with E-state index in [1.165, 1.54) is 6.20 Å². The van der Waals surface area contributed by atoms with Crippen molar-refractivity contribution in [3.63, 3.8) is 0 Å². The zero-order chi connectivity index (χ0) is 20.6. The molecular formula is C20H21N5O4. The second-order valence-corrected chi connectivity index (χ2v) is 5.78. The Morgan fingerprint density at radius 3 is 2.52 bits per heavy atom. The molecule has 0 aliphatic carbocycles. The van der Waals surface area contributed by atoms with E-state index >= 15 is 0 Å². The van der Waals surface area contributed by atoms with Crippen molar-refractivity contribution in [1.82, 2.24) is 15.2 Å². The molecule has 3 aromatic rings. The smallest absolute Gasteiger partial charge is 0.338 e. The number of esters is 1. The van der Waals surface area contributed by atoms with Gasteiger partial charge in [0.1, 0.15) is 11.5 Å². The van der Waals surface area contributed by atoms with Crippen molar-refractivity contribution in [2.45, 2.75) is 6.92 Å². The van der Waals surface area contributed by atoms with Crippen LogP contribution in [0, 0.1) is 0 Å². The second-order valence-electron chi connectivity index (χ2n) is 5.78. The molecule has 150 valence electrons. The topological polar surface area (TPSA) is 107 Å². The van der Waals surface area contributed by atoms with Crippen molar-refractivity contribution in [3.05, 3.63) is 54.2 Å². The Morgan fingerprint density at radius 1 is 1.03 bits per heavy atom. The maximum atomic E-state index is 11.7. The second kappa shape index (κ2) is 9.36. The molecule has 0 unspecified atom stereocenters. The number of carbonyl (C=O) groups is 1. The molecule has 0 atom stereocenters. The first-order valence-corrected chi connectivity index (χ1v) is 8.86. The summed E-state index contributed by atoms with van der Waals surface area (Å²) in [6.45, 7) is 2.10. The van der Waals surface area contributed by atoms with Gasteiger partial charge in [-0.15, -0.1) is 5.10 Å². The summed E-state index contributed by atoms with van der Waals surface area (Å²) in [4.78, 5) is 16.1. The van der Waals surface area contributed by atoms with Crippen molar-refractivity contribution in [1.29, 1.82) is 0 Å². The van der Waals surface area contributed by atoms with Gasteiger partial charge in [-0.05, 0) is 43.3 Å². The zero-order valence-electron chi connectivity index (χ0n) is 16.3. The number of aromatic nitrogens is 3. The maximum absolute atomic E-state index is 11.7. The molecule has 0 spiro atoms. The number of ether oxygens (including phenoxy) is 3. The molecule has 1 aromatic heterocycles. The van der Waals surface area contributed by atoms with Gasteiger partial charge in [-0.25, -0.2) is 4.79 Å². The van der Waals surface area contributed by atoms with Gasteiger partial charge < -0.3 is 24.8 Å². The number of rotatable bonds is 8. The largest absolute Gasteiger partial charge is 0.497 e. The number of anilines is 4. The van der Waals surface area contributed by atoms with Crippen molar-refractivity contribution in [3.8, 4) is 11.5 Å². The highest BCUT2D eigenvalue weighted by atomic mass is 16.5. The summed E-state index contributed by atoms with van der Waals surface area (Å²) in [5.41, 5.74) is 1.86. The maximum Gasteiger partial charge on any atom is 0.338 e. The van der Waals surface area contributed by atoms with Crippen LogP contribution < -0.4 is 20.1 Å². The van der Waals surface area contributed by atoms with Crippen LogP contribution in [-0.2, 0) is 4.74 Å². The minimum atomic E-state index is -0.360. The highest BCUT2D eigenvalue weighted by molar-refractivity contribution is 5.89. The molecule has 0 aliphatic heterocycles. The van der Waals surface area contributed by atoms with Crippen molar-refractivity contribution in [2.75, 3.05) is 31.5 Å². The van der Waals surface area contributed by atoms with E-state index in [0.717, 1.165) is 5.69 Å². The lowest BCUT2D eigenvalue weighted by Gasteiger charge is -2.12. The SMILES string of the molecule is CCOC(=O)c1ccc(Nc2cnnc(Nc3cc(OC)ccc3OC)n2)cc1. The summed E-state index contributed by atoms with van der Waals surface area (Å²) in [6.07, 6.45) is 1.49. The number of nitrogens with zero attached hydrogens (tertiary/aromatic N) is 3. The fourth-order valence-corrected chi connectivity index (χ4v) is 2.50. The third kappa shape index (κ3) is 5.10. The van der Waals surface area contributed by atoms with Crippen molar-refractivity contribution < 1.29 is 19.0 Å². The quantitative estimate of drug-likeness (QED) is 0.554. The van der Waals surface area contributed by atoms with Gasteiger partial charge in [0.25, 0.3) is 0 Å². The minimum absolute atomic E-state index is 0.282. The lowest BCUT2D eigenvalue weighted by Crippen LogP contribution is -2.05. The van der Waals surface area contributed by atoms with E-state index in [9.17, 15) is 4.79 Å². The molecule has 0 saturated heterocycles. The number of hydrogen-bond acceptors (Lipinski definition) is 9. The van der Waals surface area contributed by atoms with Gasteiger partial charge in [0.15, 0.2) is 5.82 Å². The van der Waals surface area contributed by atoms with E-state index in [0.29, 0.717) is 35.2 Å². The van der Waals surface area contributed by atoms with Gasteiger partial charge in [-0.2, -0.15) is 10.1 Å². The van der Waals surface area contributed by atoms with E-state index in [1.807, 2.05) is 0 Å². The fourth-order valence-electron chi connectivity index (χ4n) is 2.50. The zero-order valence-corrected chi connectivity index (χ0v) is 16.3. The molecule has 0 amide bonds. The Hall–Kier alpha value is -3.88. The Morgan fingerprint density at radius 2 is 1.83 bits per heavy atom. The van der Waals surface area contributed by atoms with Crippen LogP contribution in [0.2, 0.25) is 0 Å². The van der Waals surface area contributed by atoms with Gasteiger partial charge in [-0.1, -0.05) is 0 Å². The fraction of sp³-hybridized carbons (Fsp3) is 0.200. The van der Waals surface area contributed by atoms with Gasteiger partial charge in [0.2, 0.25) is 5.95 Å². The molecule has 3 rings (SSSR count). The van der Waals surface area contributed by atoms with Crippen LogP contribution in [0.25, 0.3) is 0 Å². The molecule has 2 aromatic carbocycles. The van der Waals surface area contributed by atoms with Crippen LogP contribution in [0.1, 0.15) is 17.3 Å². The molecule has 1 heterocycles. The van der Waals surface area contributed by atoms with Crippen LogP contribution in [0.3, 0.4) is 0 Å². The lowest BCUT2D eigenvalue weighted by atomic mass is 10.2. The Labute approximate surface area is 168 Å². The van der Waals surface area contributed by atoms with Gasteiger partial charge >= 0.3 is 5.97 Å². The Kier molecular flexibility index (Phi) is 6.41. The predicted octanol–water partition coefficient (Wildman–Crippen LogP) is 3.55. The normalized spacial score (nSPS) is 10.2. The third-order valence-corrected chi connectivity index (χ3v) is 3.88. The number of carbonyl (C=O) groups excluding carboxylic acids is 1. The minimum Gasteiger partial charge on any atom is -0.497 e. The molecular weight excluding hydrogens is 374 g/mol. The summed E-state index contributed by atoms with van der Waals surface area (Å²) in [5, 5.41) is 14.1. The van der Waals surface area contributed by atoms with Gasteiger partial charge in [-0.3, -0.25) is 0 Å². The molecule has 0 bridgehead atoms. The van der Waals surface area contributed by atoms with Gasteiger partial charge in [0.05, 0.1) is 38.3 Å². The molecule has 9 heteroatoms. The number of nitrogens with one attached hydrogen (secondary N) is 2. The van der Waals surface area contributed by atoms with E-state index < -0.39 is 0 Å². The average molecular weight is 395 g/mol. The monoisotopic (exact) mass is 395 g/mol. The van der Waals surface area contributed by atoms with E-state index in [2.05, 4.69) is 25.8 Å². The van der Waals surface area contributed by atoms with Crippen molar-refractivity contribution in [2.24, 2.45) is 0 Å². The molecule has 0 aliphatic rings. The van der Waals surface area contributed by atoms with Crippen LogP contribution in [0.15, 0.2) is 48.7 Å². The van der Waals surface area contributed by atoms with E-state index in [4.69, 9.17) is 14.2 Å². The van der Waals surface area contributed by atoms with Crippen LogP contribution in [0.5, 0.6) is 11.5 Å². The first-order chi connectivity index (χ1) is 14.1. The van der Waals surface area contributed by atoms with Crippen LogP contribution >= 0.6 is 0 Å². The summed E-state index contributed by atoms with van der Waals surface area (Å²) in [7, 11) is 3.16. The first kappa shape index (κ1) is 19.9. The predicted molar refractivity (Wildman–Crippen MR) is 108 cm³/mol. The molecule has 0 radical (unpaired) electrons. The van der Waals surface area contributed by atoms with Crippen molar-refractivity contribution >= 4 is 29.1 Å². The van der Waals surface area contributed by atoms with Crippen LogP contribution in [0.4, 0.5) is 23.1 Å². The van der Waals surface area contributed by atoms with E-state index in [1.54, 1.807) is 63.6 Å². The number of methoxy groups -OCH3 is 2. The number of benzene rings is 2. The highest BCUT2D eigenvalue weighted by Gasteiger charge is 2.09. The molecule has 9 nitrogen and oxygen atoms in total. The van der Waals surface area contributed by atoms with Gasteiger partial charge in [0, 0.05) is 11.8 Å². The summed E-state index contributed by atoms with van der Waals surface area (Å²) >= 11 is 0. The standard InChI is InChI=1S/C20H21N5O4/c1-4-29-19(26)13-5-7-14(8-6-13)22-18-12-21-25-20(24-18)23-16-11-15(27-2)9-10-17(16)28-3/h5-12H,4H2,1-3H3,(H2,22,23,24,25). The molecule has 0 saturated carbocycles. The summed E-state index contributed by atoms with van der Waals surface area (Å²) in [6, 6.07) is 12.2. The Balaban J connectivity index is 1.74. The summed E-state index contributed by atoms with van der Waals surface area (Å²) in [5.74, 6) is 1.68. The summed E-state index contributed by atoms with van der Waals surface area (Å²) < 4.78 is 15.6.